The van der Waals surface area contributed by atoms with Crippen molar-refractivity contribution in [3.8, 4) is 0 Å². The van der Waals surface area contributed by atoms with Crippen molar-refractivity contribution in [3.05, 3.63) is 0 Å². The predicted molar refractivity (Wildman–Crippen MR) is 29.2 cm³/mol. The molecule has 0 aromatic rings. The SMILES string of the molecule is CCNCCC(F)F. The maximum Gasteiger partial charge on any atom is 0.239 e. The van der Waals surface area contributed by atoms with Gasteiger partial charge in [-0.05, 0) is 6.54 Å². The van der Waals surface area contributed by atoms with Crippen molar-refractivity contribution in [2.75, 3.05) is 13.1 Å². The summed E-state index contributed by atoms with van der Waals surface area (Å²) in [5.41, 5.74) is 0. The molecule has 0 aliphatic heterocycles. The fraction of sp³-hybridized carbons (Fsp3) is 1.00. The van der Waals surface area contributed by atoms with Crippen LogP contribution in [0.15, 0.2) is 0 Å². The molecule has 0 aliphatic carbocycles. The topological polar surface area (TPSA) is 12.0 Å². The summed E-state index contributed by atoms with van der Waals surface area (Å²) in [7, 11) is 0. The lowest BCUT2D eigenvalue weighted by Crippen LogP contribution is -2.16. The van der Waals surface area contributed by atoms with E-state index in [4.69, 9.17) is 0 Å². The standard InChI is InChI=1S/C5H11F2N/c1-2-8-4-3-5(6)7/h5,8H,2-4H2,1H3. The van der Waals surface area contributed by atoms with Crippen LogP contribution < -0.4 is 5.32 Å². The molecule has 0 aromatic carbocycles. The third kappa shape index (κ3) is 5.82. The number of nitrogens with one attached hydrogen (secondary N) is 1. The van der Waals surface area contributed by atoms with Gasteiger partial charge in [-0.1, -0.05) is 6.92 Å². The highest BCUT2D eigenvalue weighted by Crippen LogP contribution is 1.95. The molecule has 50 valence electrons. The highest BCUT2D eigenvalue weighted by Gasteiger charge is 1.98. The summed E-state index contributed by atoms with van der Waals surface area (Å²) in [4.78, 5) is 0. The van der Waals surface area contributed by atoms with Crippen LogP contribution >= 0.6 is 0 Å². The highest BCUT2D eigenvalue weighted by atomic mass is 19.3. The molecule has 0 heterocycles. The first-order chi connectivity index (χ1) is 3.77. The molecule has 0 spiro atoms. The van der Waals surface area contributed by atoms with Gasteiger partial charge in [0.1, 0.15) is 0 Å². The van der Waals surface area contributed by atoms with Gasteiger partial charge < -0.3 is 5.32 Å². The molecular formula is C5H11F2N. The Balaban J connectivity index is 2.72. The van der Waals surface area contributed by atoms with Gasteiger partial charge in [-0.3, -0.25) is 0 Å². The lowest BCUT2D eigenvalue weighted by atomic mass is 10.4. The molecule has 1 nitrogen and oxygen atoms in total. The van der Waals surface area contributed by atoms with E-state index in [1.807, 2.05) is 6.92 Å². The molecule has 0 rings (SSSR count). The first-order valence-corrected chi connectivity index (χ1v) is 2.76. The molecule has 0 unspecified atom stereocenters. The second-order valence-corrected chi connectivity index (χ2v) is 1.53. The predicted octanol–water partition coefficient (Wildman–Crippen LogP) is 1.25. The Morgan fingerprint density at radius 2 is 2.12 bits per heavy atom. The van der Waals surface area contributed by atoms with Crippen molar-refractivity contribution in [3.63, 3.8) is 0 Å². The van der Waals surface area contributed by atoms with Gasteiger partial charge in [0.2, 0.25) is 6.43 Å². The Morgan fingerprint density at radius 1 is 1.50 bits per heavy atom. The molecular weight excluding hydrogens is 112 g/mol. The Hall–Kier alpha value is -0.180. The van der Waals surface area contributed by atoms with Crippen LogP contribution in [0, 0.1) is 0 Å². The van der Waals surface area contributed by atoms with Crippen molar-refractivity contribution < 1.29 is 8.78 Å². The molecule has 3 heteroatoms. The average molecular weight is 123 g/mol. The molecule has 8 heavy (non-hydrogen) atoms. The van der Waals surface area contributed by atoms with Crippen LogP contribution in [0.1, 0.15) is 13.3 Å². The lowest BCUT2D eigenvalue weighted by molar-refractivity contribution is 0.137. The van der Waals surface area contributed by atoms with Crippen molar-refractivity contribution in [1.29, 1.82) is 0 Å². The van der Waals surface area contributed by atoms with Crippen molar-refractivity contribution in [1.82, 2.24) is 5.32 Å². The van der Waals surface area contributed by atoms with E-state index in [9.17, 15) is 8.78 Å². The Bertz CT molecular complexity index is 47.7. The molecule has 0 fully saturated rings. The number of alkyl halides is 2. The van der Waals surface area contributed by atoms with Crippen LogP contribution in [0.2, 0.25) is 0 Å². The van der Waals surface area contributed by atoms with E-state index in [-0.39, 0.29) is 6.42 Å². The first-order valence-electron chi connectivity index (χ1n) is 2.76. The number of hydrogen-bond donors (Lipinski definition) is 1. The van der Waals surface area contributed by atoms with Crippen molar-refractivity contribution in [2.24, 2.45) is 0 Å². The fourth-order valence-corrected chi connectivity index (χ4v) is 0.388. The summed E-state index contributed by atoms with van der Waals surface area (Å²) in [5, 5.41) is 2.80. The van der Waals surface area contributed by atoms with Gasteiger partial charge in [0.25, 0.3) is 0 Å². The van der Waals surface area contributed by atoms with E-state index in [0.717, 1.165) is 6.54 Å². The summed E-state index contributed by atoms with van der Waals surface area (Å²) in [6.07, 6.45) is -2.19. The Kier molecular flexibility index (Phi) is 4.85. The van der Waals surface area contributed by atoms with E-state index in [1.54, 1.807) is 0 Å². The van der Waals surface area contributed by atoms with Crippen LogP contribution in [0.3, 0.4) is 0 Å². The van der Waals surface area contributed by atoms with Gasteiger partial charge >= 0.3 is 0 Å². The molecule has 0 aromatic heterocycles. The third-order valence-corrected chi connectivity index (χ3v) is 0.789. The quantitative estimate of drug-likeness (QED) is 0.555. The van der Waals surface area contributed by atoms with Gasteiger partial charge in [0, 0.05) is 13.0 Å². The van der Waals surface area contributed by atoms with Crippen LogP contribution in [0.25, 0.3) is 0 Å². The summed E-state index contributed by atoms with van der Waals surface area (Å²) in [6, 6.07) is 0. The molecule has 0 saturated carbocycles. The molecule has 0 radical (unpaired) electrons. The van der Waals surface area contributed by atoms with Gasteiger partial charge in [0.05, 0.1) is 0 Å². The molecule has 0 atom stereocenters. The zero-order valence-corrected chi connectivity index (χ0v) is 4.95. The molecule has 0 aliphatic rings. The van der Waals surface area contributed by atoms with Gasteiger partial charge in [0.15, 0.2) is 0 Å². The monoisotopic (exact) mass is 123 g/mol. The van der Waals surface area contributed by atoms with Crippen molar-refractivity contribution >= 4 is 0 Å². The number of halogens is 2. The van der Waals surface area contributed by atoms with E-state index in [0.29, 0.717) is 6.54 Å². The van der Waals surface area contributed by atoms with Crippen LogP contribution in [-0.4, -0.2) is 19.5 Å². The smallest absolute Gasteiger partial charge is 0.239 e. The average Bonchev–Trinajstić information content (AvgIpc) is 1.66. The van der Waals surface area contributed by atoms with Gasteiger partial charge in [-0.2, -0.15) is 0 Å². The molecule has 1 N–H and O–H groups in total. The second-order valence-electron chi connectivity index (χ2n) is 1.53. The number of rotatable bonds is 4. The van der Waals surface area contributed by atoms with E-state index >= 15 is 0 Å². The summed E-state index contributed by atoms with van der Waals surface area (Å²) in [5.74, 6) is 0. The van der Waals surface area contributed by atoms with Gasteiger partial charge in [-0.15, -0.1) is 0 Å². The fourth-order valence-electron chi connectivity index (χ4n) is 0.388. The van der Waals surface area contributed by atoms with Crippen LogP contribution in [0.4, 0.5) is 8.78 Å². The second kappa shape index (κ2) is 4.97. The largest absolute Gasteiger partial charge is 0.317 e. The number of hydrogen-bond acceptors (Lipinski definition) is 1. The van der Waals surface area contributed by atoms with E-state index in [1.165, 1.54) is 0 Å². The molecule has 0 saturated heterocycles. The highest BCUT2D eigenvalue weighted by molar-refractivity contribution is 4.44. The summed E-state index contributed by atoms with van der Waals surface area (Å²) >= 11 is 0. The Morgan fingerprint density at radius 3 is 2.50 bits per heavy atom. The van der Waals surface area contributed by atoms with Gasteiger partial charge in [-0.25, -0.2) is 8.78 Å². The van der Waals surface area contributed by atoms with E-state index < -0.39 is 6.43 Å². The van der Waals surface area contributed by atoms with Crippen LogP contribution in [-0.2, 0) is 0 Å². The summed E-state index contributed by atoms with van der Waals surface area (Å²) < 4.78 is 22.6. The third-order valence-electron chi connectivity index (χ3n) is 0.789. The lowest BCUT2D eigenvalue weighted by Gasteiger charge is -1.97. The Labute approximate surface area is 48.1 Å². The first kappa shape index (κ1) is 7.82. The minimum atomic E-state index is -2.16. The van der Waals surface area contributed by atoms with Crippen molar-refractivity contribution in [2.45, 2.75) is 19.8 Å². The normalized spacial score (nSPS) is 10.5. The minimum absolute atomic E-state index is 0.0339. The summed E-state index contributed by atoms with van der Waals surface area (Å²) in [6.45, 7) is 3.09. The molecule has 0 bridgehead atoms. The maximum atomic E-state index is 11.3. The van der Waals surface area contributed by atoms with Crippen LogP contribution in [0.5, 0.6) is 0 Å². The maximum absolute atomic E-state index is 11.3. The minimum Gasteiger partial charge on any atom is -0.317 e. The zero-order valence-electron chi connectivity index (χ0n) is 4.95. The van der Waals surface area contributed by atoms with E-state index in [2.05, 4.69) is 5.32 Å². The zero-order chi connectivity index (χ0) is 6.41. The molecule has 0 amide bonds.